The number of aryl methyl sites for hydroxylation is 1. The first-order valence-electron chi connectivity index (χ1n) is 9.87. The average Bonchev–Trinajstić information content (AvgIpc) is 2.59. The van der Waals surface area contributed by atoms with Crippen LogP contribution >= 0.6 is 0 Å². The van der Waals surface area contributed by atoms with E-state index in [0.29, 0.717) is 5.56 Å². The van der Waals surface area contributed by atoms with Gasteiger partial charge in [0.25, 0.3) is 0 Å². The van der Waals surface area contributed by atoms with Crippen molar-refractivity contribution < 1.29 is 14.3 Å². The molecule has 0 amide bonds. The summed E-state index contributed by atoms with van der Waals surface area (Å²) in [6.07, 6.45) is -1.09. The molecule has 0 N–H and O–H groups in total. The van der Waals surface area contributed by atoms with E-state index < -0.39 is 26.0 Å². The molecule has 2 nitrogen and oxygen atoms in total. The third-order valence-corrected chi connectivity index (χ3v) is 2.79. The van der Waals surface area contributed by atoms with Crippen LogP contribution in [0.5, 0.6) is 0 Å². The third kappa shape index (κ3) is 3.92. The summed E-state index contributed by atoms with van der Waals surface area (Å²) in [4.78, 5) is 1.09. The molecule has 2 aromatic carbocycles. The highest BCUT2D eigenvalue weighted by Crippen LogP contribution is 2.28. The molecule has 1 atom stereocenters. The number of ether oxygens (including phenoxy) is 1. The Morgan fingerprint density at radius 3 is 2.50 bits per heavy atom. The van der Waals surface area contributed by atoms with Gasteiger partial charge in [0.05, 0.1) is 9.30 Å². The molecule has 0 saturated heterocycles. The predicted molar refractivity (Wildman–Crippen MR) is 84.0 cm³/mol. The van der Waals surface area contributed by atoms with Gasteiger partial charge in [-0.2, -0.15) is 0 Å². The summed E-state index contributed by atoms with van der Waals surface area (Å²) in [5.41, 5.74) is 0.856. The summed E-state index contributed by atoms with van der Waals surface area (Å²) in [5, 5.41) is 0. The van der Waals surface area contributed by atoms with Crippen LogP contribution in [0.2, 0.25) is 0 Å². The molecule has 2 aromatic rings. The molecule has 2 rings (SSSR count). The third-order valence-electron chi connectivity index (χ3n) is 2.79. The summed E-state index contributed by atoms with van der Waals surface area (Å²) >= 11 is 0. The second-order valence-corrected chi connectivity index (χ2v) is 4.60. The number of hydrogen-bond acceptors (Lipinski definition) is 2. The van der Waals surface area contributed by atoms with Crippen molar-refractivity contribution in [3.05, 3.63) is 71.3 Å². The van der Waals surface area contributed by atoms with E-state index in [1.54, 1.807) is 48.5 Å². The van der Waals surface area contributed by atoms with E-state index in [1.165, 1.54) is 20.2 Å². The Morgan fingerprint density at radius 2 is 1.80 bits per heavy atom. The summed E-state index contributed by atoms with van der Waals surface area (Å²) in [5.74, 6) is 0. The van der Waals surface area contributed by atoms with E-state index >= 15 is 0 Å². The van der Waals surface area contributed by atoms with Gasteiger partial charge in [0.1, 0.15) is 6.10 Å². The first kappa shape index (κ1) is 7.96. The van der Waals surface area contributed by atoms with E-state index in [2.05, 4.69) is 0 Å². The van der Waals surface area contributed by atoms with Gasteiger partial charge >= 0.3 is 0 Å². The molecule has 0 saturated carbocycles. The van der Waals surface area contributed by atoms with Crippen molar-refractivity contribution in [1.29, 1.82) is 0 Å². The summed E-state index contributed by atoms with van der Waals surface area (Å²) < 4.78 is 61.5. The van der Waals surface area contributed by atoms with Crippen molar-refractivity contribution in [3.8, 4) is 0 Å². The summed E-state index contributed by atoms with van der Waals surface area (Å²) in [7, 11) is 2.82. The normalized spacial score (nSPS) is 19.9. The molecule has 0 fully saturated rings. The smallest absolute Gasteiger partial charge is 0.108 e. The zero-order valence-corrected chi connectivity index (χ0v) is 11.6. The number of benzene rings is 2. The van der Waals surface area contributed by atoms with Crippen molar-refractivity contribution in [3.63, 3.8) is 0 Å². The largest absolute Gasteiger partial charge is 0.367 e. The zero-order valence-electron chi connectivity index (χ0n) is 18.6. The van der Waals surface area contributed by atoms with Crippen LogP contribution in [0, 0.1) is 6.85 Å². The van der Waals surface area contributed by atoms with E-state index in [4.69, 9.17) is 14.3 Å². The lowest BCUT2D eigenvalue weighted by Crippen LogP contribution is -2.20. The van der Waals surface area contributed by atoms with E-state index in [0.717, 1.165) is 4.90 Å². The molecule has 1 unspecified atom stereocenters. The first-order chi connectivity index (χ1) is 12.4. The van der Waals surface area contributed by atoms with Crippen molar-refractivity contribution >= 4 is 0 Å². The van der Waals surface area contributed by atoms with Crippen molar-refractivity contribution in [2.75, 3.05) is 27.2 Å². The second-order valence-electron chi connectivity index (χ2n) is 4.60. The molecule has 0 aromatic heterocycles. The topological polar surface area (TPSA) is 12.5 Å². The fraction of sp³-hybridized carbons (Fsp3) is 0.333. The Morgan fingerprint density at radius 1 is 1.10 bits per heavy atom. The quantitative estimate of drug-likeness (QED) is 0.798. The van der Waals surface area contributed by atoms with Gasteiger partial charge in [0.2, 0.25) is 0 Å². The van der Waals surface area contributed by atoms with E-state index in [-0.39, 0.29) is 11.1 Å². The van der Waals surface area contributed by atoms with E-state index in [1.807, 2.05) is 0 Å². The van der Waals surface area contributed by atoms with Crippen LogP contribution in [0.1, 0.15) is 32.4 Å². The maximum atomic E-state index is 8.20. The molecular weight excluding hydrogens is 246 g/mol. The SMILES string of the molecule is [2H]C([2H])([2H])c1ccccc1C(OC([2H])([2H])C([2H])([2H])N(C)C)c1ccccc1. The highest BCUT2D eigenvalue weighted by Gasteiger charge is 2.16. The van der Waals surface area contributed by atoms with Gasteiger partial charge in [0.15, 0.2) is 0 Å². The number of rotatable bonds is 6. The molecule has 0 bridgehead atoms. The van der Waals surface area contributed by atoms with E-state index in [9.17, 15) is 0 Å². The average molecular weight is 276 g/mol. The lowest BCUT2D eigenvalue weighted by Gasteiger charge is -2.22. The number of hydrogen-bond donors (Lipinski definition) is 0. The van der Waals surface area contributed by atoms with Gasteiger partial charge in [-0.05, 0) is 37.6 Å². The van der Waals surface area contributed by atoms with Gasteiger partial charge in [-0.3, -0.25) is 0 Å². The van der Waals surface area contributed by atoms with Crippen LogP contribution in [0.15, 0.2) is 54.6 Å². The maximum Gasteiger partial charge on any atom is 0.108 e. The Balaban J connectivity index is 2.60. The monoisotopic (exact) mass is 276 g/mol. The Labute approximate surface area is 131 Å². The molecule has 0 aliphatic carbocycles. The molecule has 0 heterocycles. The summed E-state index contributed by atoms with van der Waals surface area (Å²) in [6.45, 7) is -7.56. The van der Waals surface area contributed by atoms with Gasteiger partial charge in [-0.25, -0.2) is 0 Å². The zero-order chi connectivity index (χ0) is 20.5. The van der Waals surface area contributed by atoms with Gasteiger partial charge < -0.3 is 9.64 Å². The van der Waals surface area contributed by atoms with Crippen LogP contribution in [0.25, 0.3) is 0 Å². The molecule has 2 heteroatoms. The van der Waals surface area contributed by atoms with Crippen LogP contribution in [0.3, 0.4) is 0 Å². The number of likely N-dealkylation sites (N-methyl/N-ethyl adjacent to an activating group) is 1. The Kier molecular flexibility index (Phi) is 2.88. The minimum Gasteiger partial charge on any atom is -0.367 e. The lowest BCUT2D eigenvalue weighted by molar-refractivity contribution is 0.0683. The summed E-state index contributed by atoms with van der Waals surface area (Å²) in [6, 6.07) is 14.9. The van der Waals surface area contributed by atoms with Crippen LogP contribution in [0.4, 0.5) is 0 Å². The fourth-order valence-corrected chi connectivity index (χ4v) is 1.84. The minimum atomic E-state index is -2.71. The highest BCUT2D eigenvalue weighted by atomic mass is 16.5. The van der Waals surface area contributed by atoms with Crippen LogP contribution in [-0.4, -0.2) is 32.1 Å². The molecule has 20 heavy (non-hydrogen) atoms. The predicted octanol–water partition coefficient (Wildman–Crippen LogP) is 3.66. The van der Waals surface area contributed by atoms with Gasteiger partial charge in [0, 0.05) is 13.4 Å². The fourth-order valence-electron chi connectivity index (χ4n) is 1.84. The highest BCUT2D eigenvalue weighted by molar-refractivity contribution is 5.35. The minimum absolute atomic E-state index is 0.0417. The number of nitrogens with zero attached hydrogens (tertiary/aromatic N) is 1. The second kappa shape index (κ2) is 7.22. The van der Waals surface area contributed by atoms with Crippen LogP contribution < -0.4 is 0 Å². The maximum absolute atomic E-state index is 8.20. The standard InChI is InChI=1S/C18H23NO/c1-15-9-7-8-12-17(15)18(20-14-13-19(2)3)16-10-5-4-6-11-16/h4-12,18H,13-14H2,1-3H3/i1D3,13D2,14D2. The van der Waals surface area contributed by atoms with Crippen molar-refractivity contribution in [2.24, 2.45) is 0 Å². The Hall–Kier alpha value is -1.64. The Bertz CT molecular complexity index is 760. The van der Waals surface area contributed by atoms with Gasteiger partial charge in [-0.1, -0.05) is 54.6 Å². The van der Waals surface area contributed by atoms with Crippen LogP contribution in [-0.2, 0) is 4.74 Å². The molecule has 0 spiro atoms. The molecule has 0 radical (unpaired) electrons. The lowest BCUT2D eigenvalue weighted by atomic mass is 9.97. The molecule has 0 aliphatic rings. The van der Waals surface area contributed by atoms with Crippen molar-refractivity contribution in [2.45, 2.75) is 13.0 Å². The molecule has 0 aliphatic heterocycles. The molecular formula is C18H23NO. The van der Waals surface area contributed by atoms with Gasteiger partial charge in [-0.15, -0.1) is 0 Å². The first-order valence-corrected chi connectivity index (χ1v) is 6.37. The van der Waals surface area contributed by atoms with Crippen molar-refractivity contribution in [1.82, 2.24) is 4.90 Å². The molecule has 106 valence electrons.